The number of hydrogen-bond donors (Lipinski definition) is 1. The van der Waals surface area contributed by atoms with Crippen molar-refractivity contribution in [3.63, 3.8) is 0 Å². The van der Waals surface area contributed by atoms with Crippen LogP contribution in [0.15, 0.2) is 42.6 Å². The zero-order valence-corrected chi connectivity index (χ0v) is 11.9. The van der Waals surface area contributed by atoms with E-state index in [2.05, 4.69) is 10.3 Å². The number of nitrogens with zero attached hydrogens (tertiary/aromatic N) is 1. The van der Waals surface area contributed by atoms with Gasteiger partial charge in [-0.25, -0.2) is 4.98 Å². The van der Waals surface area contributed by atoms with Crippen LogP contribution < -0.4 is 10.1 Å². The lowest BCUT2D eigenvalue weighted by molar-refractivity contribution is -0.116. The molecule has 0 atom stereocenters. The number of aryl methyl sites for hydroxylation is 1. The molecule has 20 heavy (non-hydrogen) atoms. The first-order valence-electron chi connectivity index (χ1n) is 6.25. The summed E-state index contributed by atoms with van der Waals surface area (Å²) in [5.74, 6) is 0.985. The fourth-order valence-corrected chi connectivity index (χ4v) is 1.82. The lowest BCUT2D eigenvalue weighted by atomic mass is 10.3. The van der Waals surface area contributed by atoms with Gasteiger partial charge in [-0.05, 0) is 36.8 Å². The topological polar surface area (TPSA) is 51.2 Å². The van der Waals surface area contributed by atoms with Crippen LogP contribution in [0.25, 0.3) is 0 Å². The van der Waals surface area contributed by atoms with Gasteiger partial charge >= 0.3 is 0 Å². The van der Waals surface area contributed by atoms with Crippen LogP contribution in [0.3, 0.4) is 0 Å². The van der Waals surface area contributed by atoms with E-state index < -0.39 is 0 Å². The molecule has 1 aromatic heterocycles. The largest absolute Gasteiger partial charge is 0.491 e. The summed E-state index contributed by atoms with van der Waals surface area (Å²) in [6.45, 7) is 2.21. The minimum absolute atomic E-state index is 0.143. The van der Waals surface area contributed by atoms with Crippen LogP contribution in [0.5, 0.6) is 5.75 Å². The first-order chi connectivity index (χ1) is 9.65. The third-order valence-electron chi connectivity index (χ3n) is 2.61. The van der Waals surface area contributed by atoms with E-state index >= 15 is 0 Å². The quantitative estimate of drug-likeness (QED) is 0.917. The number of hydrogen-bond acceptors (Lipinski definition) is 3. The standard InChI is InChI=1S/C15H15ClN2O2/c1-11-6-8-17-14(10-11)18-15(19)7-9-20-13-5-3-2-4-12(13)16/h2-6,8,10H,7,9H2,1H3,(H,17,18,19). The molecular weight excluding hydrogens is 276 g/mol. The van der Waals surface area contributed by atoms with Crippen molar-refractivity contribution < 1.29 is 9.53 Å². The highest BCUT2D eigenvalue weighted by atomic mass is 35.5. The van der Waals surface area contributed by atoms with Gasteiger partial charge in [0, 0.05) is 6.20 Å². The molecule has 0 aliphatic rings. The van der Waals surface area contributed by atoms with E-state index in [0.29, 0.717) is 16.6 Å². The first-order valence-corrected chi connectivity index (χ1v) is 6.63. The highest BCUT2D eigenvalue weighted by Crippen LogP contribution is 2.23. The van der Waals surface area contributed by atoms with E-state index in [4.69, 9.17) is 16.3 Å². The predicted octanol–water partition coefficient (Wildman–Crippen LogP) is 3.45. The van der Waals surface area contributed by atoms with Crippen LogP contribution in [0, 0.1) is 6.92 Å². The molecule has 2 aromatic rings. The molecule has 0 spiro atoms. The number of carbonyl (C=O) groups is 1. The Morgan fingerprint density at radius 3 is 2.90 bits per heavy atom. The number of rotatable bonds is 5. The molecule has 1 amide bonds. The van der Waals surface area contributed by atoms with Gasteiger partial charge in [0.25, 0.3) is 0 Å². The number of carbonyl (C=O) groups excluding carboxylic acids is 1. The number of nitrogens with one attached hydrogen (secondary N) is 1. The van der Waals surface area contributed by atoms with Crippen LogP contribution in [0.4, 0.5) is 5.82 Å². The molecule has 2 rings (SSSR count). The number of para-hydroxylation sites is 1. The fourth-order valence-electron chi connectivity index (χ4n) is 1.63. The SMILES string of the molecule is Cc1ccnc(NC(=O)CCOc2ccccc2Cl)c1. The average molecular weight is 291 g/mol. The molecular formula is C15H15ClN2O2. The minimum Gasteiger partial charge on any atom is -0.491 e. The lowest BCUT2D eigenvalue weighted by Gasteiger charge is -2.08. The first kappa shape index (κ1) is 14.3. The molecule has 0 unspecified atom stereocenters. The molecule has 4 nitrogen and oxygen atoms in total. The van der Waals surface area contributed by atoms with Crippen LogP contribution >= 0.6 is 11.6 Å². The molecule has 0 aliphatic heterocycles. The van der Waals surface area contributed by atoms with Crippen molar-refractivity contribution in [2.45, 2.75) is 13.3 Å². The Morgan fingerprint density at radius 1 is 1.35 bits per heavy atom. The van der Waals surface area contributed by atoms with E-state index in [-0.39, 0.29) is 18.9 Å². The normalized spacial score (nSPS) is 10.1. The highest BCUT2D eigenvalue weighted by Gasteiger charge is 2.05. The number of halogens is 1. The molecule has 0 saturated carbocycles. The molecule has 0 fully saturated rings. The van der Waals surface area contributed by atoms with Crippen molar-refractivity contribution >= 4 is 23.3 Å². The van der Waals surface area contributed by atoms with Gasteiger partial charge in [0.1, 0.15) is 11.6 Å². The van der Waals surface area contributed by atoms with Gasteiger partial charge in [-0.15, -0.1) is 0 Å². The Hall–Kier alpha value is -2.07. The summed E-state index contributed by atoms with van der Waals surface area (Å²) in [6, 6.07) is 10.8. The van der Waals surface area contributed by atoms with E-state index in [1.54, 1.807) is 18.3 Å². The summed E-state index contributed by atoms with van der Waals surface area (Å²) in [5.41, 5.74) is 1.04. The second-order valence-electron chi connectivity index (χ2n) is 4.30. The Kier molecular flexibility index (Phi) is 4.96. The molecule has 5 heteroatoms. The van der Waals surface area contributed by atoms with Gasteiger partial charge in [0.2, 0.25) is 5.91 Å². The van der Waals surface area contributed by atoms with Crippen molar-refractivity contribution in [3.8, 4) is 5.75 Å². The number of ether oxygens (including phenoxy) is 1. The summed E-state index contributed by atoms with van der Waals surface area (Å²) >= 11 is 5.95. The zero-order chi connectivity index (χ0) is 14.4. The van der Waals surface area contributed by atoms with Gasteiger partial charge in [0.05, 0.1) is 18.1 Å². The highest BCUT2D eigenvalue weighted by molar-refractivity contribution is 6.32. The smallest absolute Gasteiger partial charge is 0.228 e. The molecule has 104 valence electrons. The van der Waals surface area contributed by atoms with Crippen molar-refractivity contribution in [2.75, 3.05) is 11.9 Å². The van der Waals surface area contributed by atoms with Gasteiger partial charge in [-0.2, -0.15) is 0 Å². The molecule has 1 heterocycles. The van der Waals surface area contributed by atoms with Crippen LogP contribution in [0.2, 0.25) is 5.02 Å². The maximum absolute atomic E-state index is 11.7. The number of amides is 1. The monoisotopic (exact) mass is 290 g/mol. The summed E-state index contributed by atoms with van der Waals surface area (Å²) in [6.07, 6.45) is 1.89. The van der Waals surface area contributed by atoms with Crippen molar-refractivity contribution in [1.29, 1.82) is 0 Å². The van der Waals surface area contributed by atoms with E-state index in [9.17, 15) is 4.79 Å². The van der Waals surface area contributed by atoms with E-state index in [1.165, 1.54) is 0 Å². The van der Waals surface area contributed by atoms with E-state index in [1.807, 2.05) is 31.2 Å². The molecule has 0 radical (unpaired) electrons. The van der Waals surface area contributed by atoms with Gasteiger partial charge in [0.15, 0.2) is 0 Å². The molecule has 0 aliphatic carbocycles. The van der Waals surface area contributed by atoms with Crippen LogP contribution in [0.1, 0.15) is 12.0 Å². The third-order valence-corrected chi connectivity index (χ3v) is 2.92. The summed E-state index contributed by atoms with van der Waals surface area (Å²) in [7, 11) is 0. The number of pyridine rings is 1. The van der Waals surface area contributed by atoms with Crippen molar-refractivity contribution in [3.05, 3.63) is 53.2 Å². The maximum Gasteiger partial charge on any atom is 0.228 e. The van der Waals surface area contributed by atoms with Crippen LogP contribution in [-0.4, -0.2) is 17.5 Å². The zero-order valence-electron chi connectivity index (χ0n) is 11.1. The summed E-state index contributed by atoms with van der Waals surface area (Å²) < 4.78 is 5.46. The third kappa shape index (κ3) is 4.24. The number of benzene rings is 1. The Balaban J connectivity index is 1.80. The van der Waals surface area contributed by atoms with Gasteiger partial charge < -0.3 is 10.1 Å². The number of anilines is 1. The molecule has 0 bridgehead atoms. The van der Waals surface area contributed by atoms with Crippen LogP contribution in [-0.2, 0) is 4.79 Å². The molecule has 0 saturated heterocycles. The summed E-state index contributed by atoms with van der Waals surface area (Å²) in [5, 5.41) is 3.26. The molecule has 1 aromatic carbocycles. The summed E-state index contributed by atoms with van der Waals surface area (Å²) in [4.78, 5) is 15.8. The second kappa shape index (κ2) is 6.91. The second-order valence-corrected chi connectivity index (χ2v) is 4.70. The molecule has 1 N–H and O–H groups in total. The Bertz CT molecular complexity index is 602. The average Bonchev–Trinajstić information content (AvgIpc) is 2.41. The Morgan fingerprint density at radius 2 is 2.15 bits per heavy atom. The van der Waals surface area contributed by atoms with Gasteiger partial charge in [-0.3, -0.25) is 4.79 Å². The maximum atomic E-state index is 11.7. The minimum atomic E-state index is -0.143. The predicted molar refractivity (Wildman–Crippen MR) is 79.2 cm³/mol. The van der Waals surface area contributed by atoms with Gasteiger partial charge in [-0.1, -0.05) is 23.7 Å². The Labute approximate surface area is 122 Å². The van der Waals surface area contributed by atoms with Crippen molar-refractivity contribution in [2.24, 2.45) is 0 Å². The van der Waals surface area contributed by atoms with E-state index in [0.717, 1.165) is 5.56 Å². The van der Waals surface area contributed by atoms with Crippen molar-refractivity contribution in [1.82, 2.24) is 4.98 Å². The fraction of sp³-hybridized carbons (Fsp3) is 0.200. The number of aromatic nitrogens is 1. The lowest BCUT2D eigenvalue weighted by Crippen LogP contribution is -2.16.